The van der Waals surface area contributed by atoms with E-state index in [0.717, 1.165) is 18.6 Å². The lowest BCUT2D eigenvalue weighted by Gasteiger charge is -2.32. The molecule has 0 unspecified atom stereocenters. The second-order valence-electron chi connectivity index (χ2n) is 4.12. The predicted octanol–water partition coefficient (Wildman–Crippen LogP) is 2.21. The van der Waals surface area contributed by atoms with Gasteiger partial charge in [-0.15, -0.1) is 0 Å². The molecule has 2 atom stereocenters. The van der Waals surface area contributed by atoms with Crippen LogP contribution in [-0.4, -0.2) is 17.3 Å². The molecule has 0 aliphatic heterocycles. The minimum atomic E-state index is -0.268. The molecule has 0 radical (unpaired) electrons. The summed E-state index contributed by atoms with van der Waals surface area (Å²) in [7, 11) is 0. The Hall–Kier alpha value is -1.02. The maximum atomic E-state index is 9.38. The number of hydrogen-bond donors (Lipinski definition) is 1. The monoisotopic (exact) mass is 192 g/mol. The first-order valence-electron chi connectivity index (χ1n) is 5.08. The molecule has 0 aromatic heterocycles. The van der Waals surface area contributed by atoms with Crippen LogP contribution in [0.1, 0.15) is 24.0 Å². The molecule has 0 heterocycles. The van der Waals surface area contributed by atoms with Crippen LogP contribution in [0.5, 0.6) is 5.75 Å². The zero-order chi connectivity index (χ0) is 10.1. The molecule has 0 bridgehead atoms. The van der Waals surface area contributed by atoms with E-state index >= 15 is 0 Å². The highest BCUT2D eigenvalue weighted by Gasteiger charge is 2.30. The van der Waals surface area contributed by atoms with Crippen molar-refractivity contribution in [1.29, 1.82) is 0 Å². The quantitative estimate of drug-likeness (QED) is 0.778. The third-order valence-corrected chi connectivity index (χ3v) is 2.66. The Morgan fingerprint density at radius 1 is 1.14 bits per heavy atom. The second-order valence-corrected chi connectivity index (χ2v) is 4.12. The molecule has 1 fully saturated rings. The molecule has 76 valence electrons. The van der Waals surface area contributed by atoms with Crippen LogP contribution in [0.2, 0.25) is 0 Å². The van der Waals surface area contributed by atoms with Crippen molar-refractivity contribution in [1.82, 2.24) is 0 Å². The van der Waals surface area contributed by atoms with Crippen molar-refractivity contribution in [2.45, 2.75) is 38.9 Å². The Labute approximate surface area is 84.5 Å². The first-order chi connectivity index (χ1) is 6.65. The summed E-state index contributed by atoms with van der Waals surface area (Å²) in [6.07, 6.45) is 1.58. The van der Waals surface area contributed by atoms with Crippen LogP contribution < -0.4 is 4.74 Å². The molecule has 2 rings (SSSR count). The third kappa shape index (κ3) is 1.90. The van der Waals surface area contributed by atoms with E-state index in [4.69, 9.17) is 4.74 Å². The van der Waals surface area contributed by atoms with Gasteiger partial charge in [-0.2, -0.15) is 0 Å². The molecule has 0 saturated heterocycles. The van der Waals surface area contributed by atoms with E-state index in [1.807, 2.05) is 12.1 Å². The van der Waals surface area contributed by atoms with Crippen molar-refractivity contribution in [3.8, 4) is 5.75 Å². The fourth-order valence-electron chi connectivity index (χ4n) is 1.77. The molecule has 1 aliphatic carbocycles. The van der Waals surface area contributed by atoms with Gasteiger partial charge in [-0.3, -0.25) is 0 Å². The number of aliphatic hydroxyl groups is 1. The van der Waals surface area contributed by atoms with Gasteiger partial charge in [0.05, 0.1) is 6.10 Å². The van der Waals surface area contributed by atoms with Crippen molar-refractivity contribution in [2.75, 3.05) is 0 Å². The van der Waals surface area contributed by atoms with Crippen molar-refractivity contribution in [3.05, 3.63) is 29.3 Å². The highest BCUT2D eigenvalue weighted by molar-refractivity contribution is 5.33. The number of hydrogen-bond acceptors (Lipinski definition) is 2. The van der Waals surface area contributed by atoms with Gasteiger partial charge in [0.25, 0.3) is 0 Å². The van der Waals surface area contributed by atoms with E-state index < -0.39 is 0 Å². The molecule has 0 amide bonds. The predicted molar refractivity (Wildman–Crippen MR) is 55.6 cm³/mol. The standard InChI is InChI=1S/C12H16O2/c1-8-5-9(2)7-10(6-8)14-12-4-3-11(12)13/h5-7,11-13H,3-4H2,1-2H3/t11-,12-/m1/s1. The van der Waals surface area contributed by atoms with Gasteiger partial charge < -0.3 is 9.84 Å². The smallest absolute Gasteiger partial charge is 0.125 e. The molecule has 2 nitrogen and oxygen atoms in total. The summed E-state index contributed by atoms with van der Waals surface area (Å²) >= 11 is 0. The molecule has 2 heteroatoms. The summed E-state index contributed by atoms with van der Waals surface area (Å²) in [5.74, 6) is 0.881. The summed E-state index contributed by atoms with van der Waals surface area (Å²) < 4.78 is 5.67. The van der Waals surface area contributed by atoms with Crippen LogP contribution in [0.4, 0.5) is 0 Å². The number of benzene rings is 1. The number of ether oxygens (including phenoxy) is 1. The Bertz CT molecular complexity index is 313. The van der Waals surface area contributed by atoms with Gasteiger partial charge in [0.2, 0.25) is 0 Å². The van der Waals surface area contributed by atoms with Crippen LogP contribution in [-0.2, 0) is 0 Å². The summed E-state index contributed by atoms with van der Waals surface area (Å²) in [4.78, 5) is 0. The van der Waals surface area contributed by atoms with Crippen LogP contribution in [0.25, 0.3) is 0 Å². The Morgan fingerprint density at radius 2 is 1.79 bits per heavy atom. The summed E-state index contributed by atoms with van der Waals surface area (Å²) in [5, 5.41) is 9.38. The minimum Gasteiger partial charge on any atom is -0.488 e. The van der Waals surface area contributed by atoms with Crippen molar-refractivity contribution >= 4 is 0 Å². The fraction of sp³-hybridized carbons (Fsp3) is 0.500. The normalized spacial score (nSPS) is 25.6. The number of aliphatic hydroxyl groups excluding tert-OH is 1. The topological polar surface area (TPSA) is 29.5 Å². The van der Waals surface area contributed by atoms with Gasteiger partial charge in [0, 0.05) is 0 Å². The van der Waals surface area contributed by atoms with Crippen LogP contribution in [0, 0.1) is 13.8 Å². The van der Waals surface area contributed by atoms with Gasteiger partial charge in [-0.25, -0.2) is 0 Å². The molecule has 1 N–H and O–H groups in total. The summed E-state index contributed by atoms with van der Waals surface area (Å²) in [6.45, 7) is 4.11. The SMILES string of the molecule is Cc1cc(C)cc(O[C@@H]2CC[C@H]2O)c1. The van der Waals surface area contributed by atoms with E-state index in [-0.39, 0.29) is 12.2 Å². The van der Waals surface area contributed by atoms with E-state index in [2.05, 4.69) is 19.9 Å². The molecule has 1 saturated carbocycles. The highest BCUT2D eigenvalue weighted by atomic mass is 16.5. The summed E-state index contributed by atoms with van der Waals surface area (Å²) in [5.41, 5.74) is 2.41. The van der Waals surface area contributed by atoms with Crippen LogP contribution >= 0.6 is 0 Å². The van der Waals surface area contributed by atoms with Gasteiger partial charge in [-0.1, -0.05) is 6.07 Å². The average Bonchev–Trinajstić information content (AvgIpc) is 2.10. The lowest BCUT2D eigenvalue weighted by molar-refractivity contribution is -0.0362. The van der Waals surface area contributed by atoms with Crippen LogP contribution in [0.3, 0.4) is 0 Å². The van der Waals surface area contributed by atoms with Gasteiger partial charge in [-0.05, 0) is 49.9 Å². The molecular formula is C12H16O2. The highest BCUT2D eigenvalue weighted by Crippen LogP contribution is 2.26. The van der Waals surface area contributed by atoms with Gasteiger partial charge in [0.15, 0.2) is 0 Å². The van der Waals surface area contributed by atoms with E-state index in [0.29, 0.717) is 0 Å². The maximum Gasteiger partial charge on any atom is 0.125 e. The lowest BCUT2D eigenvalue weighted by atomic mass is 9.92. The molecule has 1 aromatic rings. The van der Waals surface area contributed by atoms with Gasteiger partial charge in [0.1, 0.15) is 11.9 Å². The Balaban J connectivity index is 2.08. The molecule has 1 aliphatic rings. The van der Waals surface area contributed by atoms with Crippen molar-refractivity contribution in [3.63, 3.8) is 0 Å². The summed E-state index contributed by atoms with van der Waals surface area (Å²) in [6, 6.07) is 6.14. The Kier molecular flexibility index (Phi) is 2.46. The van der Waals surface area contributed by atoms with Gasteiger partial charge >= 0.3 is 0 Å². The van der Waals surface area contributed by atoms with E-state index in [1.165, 1.54) is 11.1 Å². The average molecular weight is 192 g/mol. The Morgan fingerprint density at radius 3 is 2.21 bits per heavy atom. The largest absolute Gasteiger partial charge is 0.488 e. The van der Waals surface area contributed by atoms with Crippen molar-refractivity contribution in [2.24, 2.45) is 0 Å². The fourth-order valence-corrected chi connectivity index (χ4v) is 1.77. The number of rotatable bonds is 2. The first-order valence-corrected chi connectivity index (χ1v) is 5.08. The maximum absolute atomic E-state index is 9.38. The lowest BCUT2D eigenvalue weighted by Crippen LogP contribution is -2.41. The minimum absolute atomic E-state index is 0.0104. The molecular weight excluding hydrogens is 176 g/mol. The zero-order valence-electron chi connectivity index (χ0n) is 8.66. The molecule has 1 aromatic carbocycles. The first kappa shape index (κ1) is 9.53. The van der Waals surface area contributed by atoms with E-state index in [1.54, 1.807) is 0 Å². The van der Waals surface area contributed by atoms with E-state index in [9.17, 15) is 5.11 Å². The zero-order valence-corrected chi connectivity index (χ0v) is 8.66. The second kappa shape index (κ2) is 3.62. The van der Waals surface area contributed by atoms with Crippen molar-refractivity contribution < 1.29 is 9.84 Å². The molecule has 0 spiro atoms. The third-order valence-electron chi connectivity index (χ3n) is 2.66. The molecule has 14 heavy (non-hydrogen) atoms. The number of aryl methyl sites for hydroxylation is 2. The van der Waals surface area contributed by atoms with Crippen LogP contribution in [0.15, 0.2) is 18.2 Å².